The molecule has 0 amide bonds. The summed E-state index contributed by atoms with van der Waals surface area (Å²) in [6.07, 6.45) is 1.62. The number of thiophene rings is 1. The number of allylic oxidation sites excluding steroid dienone is 1. The van der Waals surface area contributed by atoms with Crippen molar-refractivity contribution >= 4 is 44.9 Å². The van der Waals surface area contributed by atoms with Gasteiger partial charge in [0, 0.05) is 9.72 Å². The van der Waals surface area contributed by atoms with Crippen LogP contribution in [-0.4, -0.2) is 5.78 Å². The second-order valence-electron chi connectivity index (χ2n) is 5.11. The van der Waals surface area contributed by atoms with E-state index in [1.807, 2.05) is 55.5 Å². The molecule has 0 radical (unpaired) electrons. The van der Waals surface area contributed by atoms with Crippen LogP contribution in [0.15, 0.2) is 54.1 Å². The molecule has 0 aliphatic heterocycles. The summed E-state index contributed by atoms with van der Waals surface area (Å²) >= 11 is 7.43. The van der Waals surface area contributed by atoms with E-state index in [9.17, 15) is 10.1 Å². The minimum absolute atomic E-state index is 0.136. The quantitative estimate of drug-likeness (QED) is 0.352. The van der Waals surface area contributed by atoms with Crippen LogP contribution in [-0.2, 0) is 0 Å². The van der Waals surface area contributed by atoms with Crippen molar-refractivity contribution in [3.63, 3.8) is 0 Å². The number of hydrogen-bond acceptors (Lipinski definition) is 3. The second kappa shape index (κ2) is 6.37. The van der Waals surface area contributed by atoms with Gasteiger partial charge in [0.25, 0.3) is 0 Å². The zero-order valence-corrected chi connectivity index (χ0v) is 13.9. The van der Waals surface area contributed by atoms with Crippen molar-refractivity contribution in [3.05, 3.63) is 75.1 Å². The number of fused-ring (bicyclic) bond motifs is 1. The standard InChI is InChI=1S/C19H12ClNOS/c1-12-16-10-15(20)7-8-17(16)23-19(12)18(22)14(11-21)9-13-5-3-2-4-6-13/h2-10H,1H3/b14-9+. The molecule has 0 fully saturated rings. The predicted molar refractivity (Wildman–Crippen MR) is 95.9 cm³/mol. The average Bonchev–Trinajstić information content (AvgIpc) is 2.89. The molecule has 1 heterocycles. The third-order valence-corrected chi connectivity index (χ3v) is 5.09. The van der Waals surface area contributed by atoms with Crippen molar-refractivity contribution in [3.8, 4) is 6.07 Å². The third-order valence-electron chi connectivity index (χ3n) is 3.58. The van der Waals surface area contributed by atoms with E-state index in [0.29, 0.717) is 9.90 Å². The summed E-state index contributed by atoms with van der Waals surface area (Å²) in [5.74, 6) is -0.244. The maximum atomic E-state index is 12.7. The lowest BCUT2D eigenvalue weighted by atomic mass is 10.0. The number of Topliss-reactive ketones (excluding diaryl/α,β-unsaturated/α-hetero) is 1. The number of ketones is 1. The number of rotatable bonds is 3. The lowest BCUT2D eigenvalue weighted by molar-refractivity contribution is 0.104. The summed E-state index contributed by atoms with van der Waals surface area (Å²) in [7, 11) is 0. The summed E-state index contributed by atoms with van der Waals surface area (Å²) < 4.78 is 0.993. The van der Waals surface area contributed by atoms with E-state index in [0.717, 1.165) is 21.2 Å². The maximum Gasteiger partial charge on any atom is 0.213 e. The minimum Gasteiger partial charge on any atom is -0.287 e. The molecule has 1 aromatic heterocycles. The molecule has 112 valence electrons. The maximum absolute atomic E-state index is 12.7. The Morgan fingerprint density at radius 2 is 1.96 bits per heavy atom. The Bertz CT molecular complexity index is 964. The Morgan fingerprint density at radius 1 is 1.22 bits per heavy atom. The largest absolute Gasteiger partial charge is 0.287 e. The normalized spacial score (nSPS) is 11.4. The van der Waals surface area contributed by atoms with Crippen LogP contribution in [0, 0.1) is 18.3 Å². The van der Waals surface area contributed by atoms with E-state index in [-0.39, 0.29) is 11.4 Å². The first-order chi connectivity index (χ1) is 11.1. The molecule has 3 aromatic rings. The summed E-state index contributed by atoms with van der Waals surface area (Å²) in [5, 5.41) is 11.0. The van der Waals surface area contributed by atoms with Crippen molar-refractivity contribution in [1.82, 2.24) is 0 Å². The highest BCUT2D eigenvalue weighted by Gasteiger charge is 2.19. The molecular weight excluding hydrogens is 326 g/mol. The fourth-order valence-corrected chi connectivity index (χ4v) is 3.71. The molecule has 2 aromatic carbocycles. The number of carbonyl (C=O) groups excluding carboxylic acids is 1. The number of aryl methyl sites for hydroxylation is 1. The fraction of sp³-hybridized carbons (Fsp3) is 0.0526. The molecule has 0 saturated carbocycles. The number of halogens is 1. The van der Waals surface area contributed by atoms with Crippen molar-refractivity contribution in [2.24, 2.45) is 0 Å². The van der Waals surface area contributed by atoms with Crippen molar-refractivity contribution < 1.29 is 4.79 Å². The highest BCUT2D eigenvalue weighted by Crippen LogP contribution is 2.34. The molecule has 0 atom stereocenters. The van der Waals surface area contributed by atoms with E-state index in [2.05, 4.69) is 0 Å². The van der Waals surface area contributed by atoms with Crippen molar-refractivity contribution in [2.45, 2.75) is 6.92 Å². The van der Waals surface area contributed by atoms with Gasteiger partial charge in [0.05, 0.1) is 4.88 Å². The molecule has 0 aliphatic carbocycles. The van der Waals surface area contributed by atoms with Gasteiger partial charge in [-0.1, -0.05) is 41.9 Å². The zero-order valence-electron chi connectivity index (χ0n) is 12.3. The van der Waals surface area contributed by atoms with Crippen LogP contribution in [0.4, 0.5) is 0 Å². The Morgan fingerprint density at radius 3 is 2.65 bits per heavy atom. The van der Waals surface area contributed by atoms with Crippen molar-refractivity contribution in [2.75, 3.05) is 0 Å². The smallest absolute Gasteiger partial charge is 0.213 e. The summed E-state index contributed by atoms with van der Waals surface area (Å²) in [6.45, 7) is 1.89. The Labute approximate surface area is 143 Å². The number of carbonyl (C=O) groups is 1. The number of nitriles is 1. The lowest BCUT2D eigenvalue weighted by Gasteiger charge is -1.99. The molecule has 2 nitrogen and oxygen atoms in total. The van der Waals surface area contributed by atoms with E-state index >= 15 is 0 Å². The molecule has 0 bridgehead atoms. The topological polar surface area (TPSA) is 40.9 Å². The molecule has 0 saturated heterocycles. The van der Waals surface area contributed by atoms with Gasteiger partial charge in [-0.05, 0) is 47.7 Å². The van der Waals surface area contributed by atoms with Gasteiger partial charge in [0.15, 0.2) is 0 Å². The predicted octanol–water partition coefficient (Wildman–Crippen LogP) is 5.65. The molecule has 0 spiro atoms. The molecule has 0 aliphatic rings. The first-order valence-corrected chi connectivity index (χ1v) is 8.20. The number of benzene rings is 2. The first kappa shape index (κ1) is 15.5. The summed E-state index contributed by atoms with van der Waals surface area (Å²) in [6, 6.07) is 17.0. The SMILES string of the molecule is Cc1c(C(=O)/C(C#N)=C/c2ccccc2)sc2ccc(Cl)cc12. The van der Waals surface area contributed by atoms with Gasteiger partial charge in [-0.15, -0.1) is 11.3 Å². The van der Waals surface area contributed by atoms with Crippen LogP contribution in [0.5, 0.6) is 0 Å². The van der Waals surface area contributed by atoms with E-state index < -0.39 is 0 Å². The van der Waals surface area contributed by atoms with Crippen LogP contribution in [0.1, 0.15) is 20.8 Å². The number of nitrogens with zero attached hydrogens (tertiary/aromatic N) is 1. The monoisotopic (exact) mass is 337 g/mol. The molecule has 3 rings (SSSR count). The molecule has 4 heteroatoms. The first-order valence-electron chi connectivity index (χ1n) is 7.00. The van der Waals surface area contributed by atoms with Crippen LogP contribution in [0.2, 0.25) is 5.02 Å². The minimum atomic E-state index is -0.244. The van der Waals surface area contributed by atoms with Crippen LogP contribution >= 0.6 is 22.9 Å². The summed E-state index contributed by atoms with van der Waals surface area (Å²) in [5.41, 5.74) is 1.84. The Hall–Kier alpha value is -2.41. The fourth-order valence-electron chi connectivity index (χ4n) is 2.40. The summed E-state index contributed by atoms with van der Waals surface area (Å²) in [4.78, 5) is 13.3. The van der Waals surface area contributed by atoms with Crippen LogP contribution < -0.4 is 0 Å². The van der Waals surface area contributed by atoms with Crippen molar-refractivity contribution in [1.29, 1.82) is 5.26 Å². The second-order valence-corrected chi connectivity index (χ2v) is 6.59. The average molecular weight is 338 g/mol. The van der Waals surface area contributed by atoms with Crippen LogP contribution in [0.3, 0.4) is 0 Å². The molecule has 23 heavy (non-hydrogen) atoms. The van der Waals surface area contributed by atoms with Gasteiger partial charge in [0.1, 0.15) is 11.6 Å². The highest BCUT2D eigenvalue weighted by molar-refractivity contribution is 7.21. The Balaban J connectivity index is 2.07. The van der Waals surface area contributed by atoms with E-state index in [1.165, 1.54) is 11.3 Å². The van der Waals surface area contributed by atoms with Gasteiger partial charge >= 0.3 is 0 Å². The molecular formula is C19H12ClNOS. The molecule has 0 N–H and O–H groups in total. The van der Waals surface area contributed by atoms with Gasteiger partial charge in [-0.3, -0.25) is 4.79 Å². The van der Waals surface area contributed by atoms with Gasteiger partial charge in [-0.25, -0.2) is 0 Å². The zero-order chi connectivity index (χ0) is 16.4. The molecule has 0 unspecified atom stereocenters. The van der Waals surface area contributed by atoms with E-state index in [4.69, 9.17) is 11.6 Å². The lowest BCUT2D eigenvalue weighted by Crippen LogP contribution is -2.01. The third kappa shape index (κ3) is 3.05. The van der Waals surface area contributed by atoms with E-state index in [1.54, 1.807) is 12.1 Å². The highest BCUT2D eigenvalue weighted by atomic mass is 35.5. The van der Waals surface area contributed by atoms with Gasteiger partial charge in [0.2, 0.25) is 5.78 Å². The number of hydrogen-bond donors (Lipinski definition) is 0. The van der Waals surface area contributed by atoms with Gasteiger partial charge in [-0.2, -0.15) is 5.26 Å². The van der Waals surface area contributed by atoms with Gasteiger partial charge < -0.3 is 0 Å². The van der Waals surface area contributed by atoms with Crippen LogP contribution in [0.25, 0.3) is 16.2 Å². The Kier molecular flexibility index (Phi) is 4.29.